The van der Waals surface area contributed by atoms with Gasteiger partial charge in [-0.1, -0.05) is 0 Å². The lowest BCUT2D eigenvalue weighted by molar-refractivity contribution is 0.00513. The van der Waals surface area contributed by atoms with Crippen molar-refractivity contribution in [3.8, 4) is 0 Å². The molecule has 0 aromatic carbocycles. The molecule has 1 rings (SSSR count). The number of ether oxygens (including phenoxy) is 1. The Balaban J connectivity index is 2.38. The van der Waals surface area contributed by atoms with Crippen molar-refractivity contribution in [2.45, 2.75) is 31.9 Å². The Morgan fingerprint density at radius 1 is 1.67 bits per heavy atom. The first-order valence-electron chi connectivity index (χ1n) is 3.47. The molecular weight excluding hydrogens is 114 g/mol. The molecule has 0 saturated carbocycles. The highest BCUT2D eigenvalue weighted by atomic mass is 16.5. The second kappa shape index (κ2) is 2.27. The van der Waals surface area contributed by atoms with Gasteiger partial charge in [0.25, 0.3) is 0 Å². The van der Waals surface area contributed by atoms with Gasteiger partial charge in [-0.05, 0) is 26.8 Å². The molecule has 2 unspecified atom stereocenters. The number of methoxy groups -OCH3 is 1. The zero-order chi connectivity index (χ0) is 6.91. The van der Waals surface area contributed by atoms with Gasteiger partial charge in [-0.25, -0.2) is 0 Å². The maximum Gasteiger partial charge on any atom is 0.0722 e. The van der Waals surface area contributed by atoms with E-state index in [2.05, 4.69) is 19.2 Å². The number of nitrogens with one attached hydrogen (secondary N) is 1. The summed E-state index contributed by atoms with van der Waals surface area (Å²) in [6, 6.07) is 0. The molecule has 9 heavy (non-hydrogen) atoms. The predicted molar refractivity (Wildman–Crippen MR) is 37.5 cm³/mol. The summed E-state index contributed by atoms with van der Waals surface area (Å²) in [5.41, 5.74) is 0.259. The van der Waals surface area contributed by atoms with Crippen LogP contribution in [-0.4, -0.2) is 25.3 Å². The molecule has 0 aromatic heterocycles. The van der Waals surface area contributed by atoms with Crippen molar-refractivity contribution in [2.75, 3.05) is 13.7 Å². The summed E-state index contributed by atoms with van der Waals surface area (Å²) < 4.78 is 5.19. The maximum absolute atomic E-state index is 5.19. The van der Waals surface area contributed by atoms with Crippen molar-refractivity contribution in [1.82, 2.24) is 5.32 Å². The van der Waals surface area contributed by atoms with Gasteiger partial charge in [-0.2, -0.15) is 0 Å². The van der Waals surface area contributed by atoms with Crippen LogP contribution in [0.2, 0.25) is 0 Å². The minimum Gasteiger partial charge on any atom is -0.380 e. The van der Waals surface area contributed by atoms with Gasteiger partial charge in [-0.3, -0.25) is 0 Å². The lowest BCUT2D eigenvalue weighted by Crippen LogP contribution is -2.61. The SMILES string of the molecule is COC(C)C1(C)CCN1. The minimum atomic E-state index is 0.259. The van der Waals surface area contributed by atoms with E-state index in [0.29, 0.717) is 6.10 Å². The molecule has 54 valence electrons. The summed E-state index contributed by atoms with van der Waals surface area (Å²) in [4.78, 5) is 0. The van der Waals surface area contributed by atoms with Gasteiger partial charge in [-0.15, -0.1) is 0 Å². The van der Waals surface area contributed by atoms with Gasteiger partial charge in [0, 0.05) is 12.6 Å². The minimum absolute atomic E-state index is 0.259. The summed E-state index contributed by atoms with van der Waals surface area (Å²) in [5, 5.41) is 3.35. The van der Waals surface area contributed by atoms with E-state index in [9.17, 15) is 0 Å². The van der Waals surface area contributed by atoms with Gasteiger partial charge in [0.05, 0.1) is 6.10 Å². The summed E-state index contributed by atoms with van der Waals surface area (Å²) >= 11 is 0. The first-order valence-corrected chi connectivity index (χ1v) is 3.47. The van der Waals surface area contributed by atoms with Crippen LogP contribution in [0, 0.1) is 0 Å². The average molecular weight is 129 g/mol. The van der Waals surface area contributed by atoms with E-state index in [1.54, 1.807) is 7.11 Å². The largest absolute Gasteiger partial charge is 0.380 e. The average Bonchev–Trinajstić information content (AvgIpc) is 1.81. The van der Waals surface area contributed by atoms with Crippen LogP contribution in [0.25, 0.3) is 0 Å². The monoisotopic (exact) mass is 129 g/mol. The van der Waals surface area contributed by atoms with Crippen LogP contribution in [0.3, 0.4) is 0 Å². The molecule has 0 bridgehead atoms. The molecule has 2 nitrogen and oxygen atoms in total. The molecule has 1 heterocycles. The van der Waals surface area contributed by atoms with Crippen molar-refractivity contribution in [1.29, 1.82) is 0 Å². The summed E-state index contributed by atoms with van der Waals surface area (Å²) in [6.45, 7) is 5.45. The highest BCUT2D eigenvalue weighted by Gasteiger charge is 2.36. The van der Waals surface area contributed by atoms with Crippen LogP contribution in [-0.2, 0) is 4.74 Å². The van der Waals surface area contributed by atoms with E-state index in [1.807, 2.05) is 0 Å². The zero-order valence-electron chi connectivity index (χ0n) is 6.40. The second-order valence-electron chi connectivity index (χ2n) is 2.97. The summed E-state index contributed by atoms with van der Waals surface area (Å²) in [7, 11) is 1.76. The first-order chi connectivity index (χ1) is 4.19. The van der Waals surface area contributed by atoms with Crippen LogP contribution >= 0.6 is 0 Å². The van der Waals surface area contributed by atoms with Gasteiger partial charge in [0.1, 0.15) is 0 Å². The zero-order valence-corrected chi connectivity index (χ0v) is 6.40. The summed E-state index contributed by atoms with van der Waals surface area (Å²) in [6.07, 6.45) is 1.58. The number of rotatable bonds is 2. The molecule has 1 fully saturated rings. The van der Waals surface area contributed by atoms with Gasteiger partial charge in [0.15, 0.2) is 0 Å². The predicted octanol–water partition coefficient (Wildman–Crippen LogP) is 0.773. The van der Waals surface area contributed by atoms with Crippen LogP contribution in [0.1, 0.15) is 20.3 Å². The van der Waals surface area contributed by atoms with Crippen molar-refractivity contribution in [3.05, 3.63) is 0 Å². The molecule has 0 aromatic rings. The second-order valence-corrected chi connectivity index (χ2v) is 2.97. The Bertz CT molecular complexity index is 99.1. The Morgan fingerprint density at radius 3 is 2.33 bits per heavy atom. The lowest BCUT2D eigenvalue weighted by Gasteiger charge is -2.43. The van der Waals surface area contributed by atoms with E-state index in [0.717, 1.165) is 6.54 Å². The Morgan fingerprint density at radius 2 is 2.22 bits per heavy atom. The molecule has 0 amide bonds. The highest BCUT2D eigenvalue weighted by Crippen LogP contribution is 2.23. The van der Waals surface area contributed by atoms with E-state index < -0.39 is 0 Å². The van der Waals surface area contributed by atoms with Gasteiger partial charge < -0.3 is 10.1 Å². The van der Waals surface area contributed by atoms with E-state index in [1.165, 1.54) is 6.42 Å². The maximum atomic E-state index is 5.19. The summed E-state index contributed by atoms with van der Waals surface area (Å²) in [5.74, 6) is 0. The first kappa shape index (κ1) is 7.03. The molecule has 1 aliphatic rings. The molecule has 0 spiro atoms. The molecule has 1 aliphatic heterocycles. The van der Waals surface area contributed by atoms with Crippen LogP contribution in [0.4, 0.5) is 0 Å². The van der Waals surface area contributed by atoms with Gasteiger partial charge in [0.2, 0.25) is 0 Å². The topological polar surface area (TPSA) is 21.3 Å². The standard InChI is InChI=1S/C7H15NO/c1-6(9-3)7(2)4-5-8-7/h6,8H,4-5H2,1-3H3. The third-order valence-corrected chi connectivity index (χ3v) is 2.42. The van der Waals surface area contributed by atoms with Crippen LogP contribution in [0.15, 0.2) is 0 Å². The Kier molecular flexibility index (Phi) is 1.78. The fourth-order valence-electron chi connectivity index (χ4n) is 1.13. The molecule has 2 heteroatoms. The van der Waals surface area contributed by atoms with Crippen molar-refractivity contribution in [3.63, 3.8) is 0 Å². The third-order valence-electron chi connectivity index (χ3n) is 2.42. The van der Waals surface area contributed by atoms with Crippen molar-refractivity contribution < 1.29 is 4.74 Å². The fourth-order valence-corrected chi connectivity index (χ4v) is 1.13. The van der Waals surface area contributed by atoms with Gasteiger partial charge >= 0.3 is 0 Å². The Hall–Kier alpha value is -0.0800. The molecule has 1 saturated heterocycles. The van der Waals surface area contributed by atoms with E-state index in [-0.39, 0.29) is 5.54 Å². The number of hydrogen-bond donors (Lipinski definition) is 1. The third kappa shape index (κ3) is 1.10. The normalized spacial score (nSPS) is 37.7. The fraction of sp³-hybridized carbons (Fsp3) is 1.00. The molecule has 0 aliphatic carbocycles. The lowest BCUT2D eigenvalue weighted by atomic mass is 9.85. The highest BCUT2D eigenvalue weighted by molar-refractivity contribution is 4.97. The van der Waals surface area contributed by atoms with Crippen LogP contribution in [0.5, 0.6) is 0 Å². The quantitative estimate of drug-likeness (QED) is 0.594. The van der Waals surface area contributed by atoms with E-state index >= 15 is 0 Å². The van der Waals surface area contributed by atoms with Crippen molar-refractivity contribution >= 4 is 0 Å². The molecular formula is C7H15NO. The van der Waals surface area contributed by atoms with Crippen molar-refractivity contribution in [2.24, 2.45) is 0 Å². The van der Waals surface area contributed by atoms with E-state index in [4.69, 9.17) is 4.74 Å². The number of hydrogen-bond acceptors (Lipinski definition) is 2. The molecule has 1 N–H and O–H groups in total. The van der Waals surface area contributed by atoms with Crippen LogP contribution < -0.4 is 5.32 Å². The Labute approximate surface area is 56.6 Å². The molecule has 2 atom stereocenters. The molecule has 0 radical (unpaired) electrons. The smallest absolute Gasteiger partial charge is 0.0722 e.